The maximum absolute atomic E-state index is 13.8. The average Bonchev–Trinajstić information content (AvgIpc) is 2.63. The minimum absolute atomic E-state index is 0.233. The molecule has 2 aliphatic rings. The Bertz CT molecular complexity index is 752. The molecule has 4 rings (SSSR count). The molecule has 1 saturated heterocycles. The molecule has 0 saturated carbocycles. The van der Waals surface area contributed by atoms with E-state index in [9.17, 15) is 4.39 Å². The summed E-state index contributed by atoms with van der Waals surface area (Å²) in [6.07, 6.45) is 0. The van der Waals surface area contributed by atoms with Crippen molar-refractivity contribution in [1.82, 2.24) is 15.4 Å². The zero-order chi connectivity index (χ0) is 17.2. The number of benzene rings is 2. The first kappa shape index (κ1) is 16.8. The first-order chi connectivity index (χ1) is 12.2. The number of hydrogen-bond acceptors (Lipinski definition) is 6. The van der Waals surface area contributed by atoms with E-state index in [-0.39, 0.29) is 5.82 Å². The molecule has 2 aromatic rings. The number of anilines is 2. The van der Waals surface area contributed by atoms with Gasteiger partial charge in [-0.3, -0.25) is 0 Å². The van der Waals surface area contributed by atoms with Gasteiger partial charge in [0.1, 0.15) is 5.82 Å². The molecule has 0 spiro atoms. The van der Waals surface area contributed by atoms with Crippen LogP contribution in [0.4, 0.5) is 15.8 Å². The number of likely N-dealkylation sites (N-methyl/N-ethyl adjacent to an activating group) is 1. The quantitative estimate of drug-likeness (QED) is 0.844. The number of nitrogens with zero attached hydrogens (tertiary/aromatic N) is 3. The molecule has 0 aromatic heterocycles. The van der Waals surface area contributed by atoms with Gasteiger partial charge in [-0.25, -0.2) is 9.33 Å². The highest BCUT2D eigenvalue weighted by molar-refractivity contribution is 7.99. The van der Waals surface area contributed by atoms with E-state index in [1.54, 1.807) is 17.8 Å². The van der Waals surface area contributed by atoms with Crippen LogP contribution in [-0.2, 0) is 4.94 Å². The van der Waals surface area contributed by atoms with E-state index in [0.29, 0.717) is 6.67 Å². The summed E-state index contributed by atoms with van der Waals surface area (Å²) in [4.78, 5) is 12.2. The number of nitrogens with one attached hydrogen (secondary N) is 1. The summed E-state index contributed by atoms with van der Waals surface area (Å²) in [5.74, 6) is -0.233. The SMILES string of the molecule is CN1CCN(ONCN2c3ccccc3Sc3ccc(F)cc32)CC1. The first-order valence-corrected chi connectivity index (χ1v) is 9.19. The standard InChI is InChI=1S/C18H21FN4OS/c1-21-8-10-22(11-9-21)24-20-13-23-15-4-2-3-5-17(15)25-18-7-6-14(19)12-16(18)23/h2-7,12,20H,8-11,13H2,1H3. The lowest BCUT2D eigenvalue weighted by molar-refractivity contribution is -0.221. The molecule has 1 N–H and O–H groups in total. The van der Waals surface area contributed by atoms with Gasteiger partial charge in [0.25, 0.3) is 0 Å². The van der Waals surface area contributed by atoms with Crippen molar-refractivity contribution in [2.24, 2.45) is 0 Å². The number of para-hydroxylation sites is 1. The van der Waals surface area contributed by atoms with Crippen LogP contribution in [0.5, 0.6) is 0 Å². The molecule has 0 amide bonds. The van der Waals surface area contributed by atoms with Crippen molar-refractivity contribution in [3.63, 3.8) is 0 Å². The zero-order valence-corrected chi connectivity index (χ0v) is 14.9. The van der Waals surface area contributed by atoms with Crippen molar-refractivity contribution in [2.45, 2.75) is 9.79 Å². The highest BCUT2D eigenvalue weighted by Gasteiger charge is 2.24. The van der Waals surface area contributed by atoms with Crippen LogP contribution in [0.25, 0.3) is 0 Å². The van der Waals surface area contributed by atoms with Gasteiger partial charge < -0.3 is 9.80 Å². The van der Waals surface area contributed by atoms with E-state index in [4.69, 9.17) is 4.94 Å². The molecule has 0 bridgehead atoms. The molecule has 0 unspecified atom stereocenters. The fourth-order valence-corrected chi connectivity index (χ4v) is 4.11. The molecule has 2 aromatic carbocycles. The largest absolute Gasteiger partial charge is 0.324 e. The summed E-state index contributed by atoms with van der Waals surface area (Å²) in [6, 6.07) is 13.1. The highest BCUT2D eigenvalue weighted by atomic mass is 32.2. The second-order valence-electron chi connectivity index (χ2n) is 6.24. The minimum atomic E-state index is -0.233. The van der Waals surface area contributed by atoms with Crippen molar-refractivity contribution in [1.29, 1.82) is 0 Å². The predicted molar refractivity (Wildman–Crippen MR) is 97.3 cm³/mol. The third-order valence-corrected chi connectivity index (χ3v) is 5.60. The summed E-state index contributed by atoms with van der Waals surface area (Å²) in [5, 5.41) is 1.93. The van der Waals surface area contributed by atoms with Gasteiger partial charge in [0.05, 0.1) is 18.0 Å². The lowest BCUT2D eigenvalue weighted by atomic mass is 10.2. The van der Waals surface area contributed by atoms with Crippen LogP contribution in [0.3, 0.4) is 0 Å². The van der Waals surface area contributed by atoms with Gasteiger partial charge in [-0.1, -0.05) is 23.9 Å². The number of rotatable bonds is 4. The maximum atomic E-state index is 13.8. The second-order valence-corrected chi connectivity index (χ2v) is 7.32. The molecule has 7 heteroatoms. The molecular formula is C18H21FN4OS. The third kappa shape index (κ3) is 3.65. The molecule has 2 heterocycles. The normalized spacial score (nSPS) is 18.1. The fourth-order valence-electron chi connectivity index (χ4n) is 3.04. The molecule has 132 valence electrons. The lowest BCUT2D eigenvalue weighted by Gasteiger charge is -2.34. The van der Waals surface area contributed by atoms with Gasteiger partial charge in [0.2, 0.25) is 0 Å². The number of piperazine rings is 1. The van der Waals surface area contributed by atoms with Crippen LogP contribution in [0.15, 0.2) is 52.3 Å². The molecule has 1 fully saturated rings. The zero-order valence-electron chi connectivity index (χ0n) is 14.1. The van der Waals surface area contributed by atoms with E-state index in [1.165, 1.54) is 6.07 Å². The highest BCUT2D eigenvalue weighted by Crippen LogP contribution is 2.47. The maximum Gasteiger partial charge on any atom is 0.125 e. The number of fused-ring (bicyclic) bond motifs is 2. The van der Waals surface area contributed by atoms with Gasteiger partial charge >= 0.3 is 0 Å². The second kappa shape index (κ2) is 7.31. The summed E-state index contributed by atoms with van der Waals surface area (Å²) in [5.41, 5.74) is 4.96. The van der Waals surface area contributed by atoms with Crippen LogP contribution < -0.4 is 10.4 Å². The van der Waals surface area contributed by atoms with Crippen LogP contribution in [0, 0.1) is 5.82 Å². The molecule has 2 aliphatic heterocycles. The molecule has 0 aliphatic carbocycles. The van der Waals surface area contributed by atoms with Crippen LogP contribution in [0.1, 0.15) is 0 Å². The minimum Gasteiger partial charge on any atom is -0.324 e. The average molecular weight is 360 g/mol. The molecule has 5 nitrogen and oxygen atoms in total. The Hall–Kier alpha value is -1.64. The summed E-state index contributed by atoms with van der Waals surface area (Å²) in [7, 11) is 2.11. The van der Waals surface area contributed by atoms with Gasteiger partial charge in [-0.15, -0.1) is 0 Å². The van der Waals surface area contributed by atoms with Crippen molar-refractivity contribution < 1.29 is 9.33 Å². The van der Waals surface area contributed by atoms with E-state index in [0.717, 1.165) is 47.3 Å². The van der Waals surface area contributed by atoms with E-state index < -0.39 is 0 Å². The fraction of sp³-hybridized carbons (Fsp3) is 0.333. The smallest absolute Gasteiger partial charge is 0.125 e. The van der Waals surface area contributed by atoms with E-state index in [2.05, 4.69) is 28.4 Å². The molecule has 25 heavy (non-hydrogen) atoms. The van der Waals surface area contributed by atoms with Crippen molar-refractivity contribution >= 4 is 23.1 Å². The summed E-state index contributed by atoms with van der Waals surface area (Å²) >= 11 is 1.66. The Balaban J connectivity index is 1.49. The monoisotopic (exact) mass is 360 g/mol. The Kier molecular flexibility index (Phi) is 4.91. The number of hydrogen-bond donors (Lipinski definition) is 1. The Morgan fingerprint density at radius 1 is 1.04 bits per heavy atom. The summed E-state index contributed by atoms with van der Waals surface area (Å²) in [6.45, 7) is 4.14. The van der Waals surface area contributed by atoms with Gasteiger partial charge in [-0.2, -0.15) is 10.5 Å². The lowest BCUT2D eigenvalue weighted by Crippen LogP contribution is -2.47. The van der Waals surface area contributed by atoms with Crippen LogP contribution in [0.2, 0.25) is 0 Å². The molecule has 0 atom stereocenters. The summed E-state index contributed by atoms with van der Waals surface area (Å²) < 4.78 is 13.8. The molecular weight excluding hydrogens is 339 g/mol. The Morgan fingerprint density at radius 2 is 1.80 bits per heavy atom. The predicted octanol–water partition coefficient (Wildman–Crippen LogP) is 3.07. The molecule has 0 radical (unpaired) electrons. The van der Waals surface area contributed by atoms with Crippen LogP contribution in [-0.4, -0.2) is 49.9 Å². The van der Waals surface area contributed by atoms with E-state index >= 15 is 0 Å². The van der Waals surface area contributed by atoms with Gasteiger partial charge in [0.15, 0.2) is 0 Å². The van der Waals surface area contributed by atoms with E-state index in [1.807, 2.05) is 29.3 Å². The first-order valence-electron chi connectivity index (χ1n) is 8.38. The topological polar surface area (TPSA) is 31.0 Å². The number of halogens is 1. The van der Waals surface area contributed by atoms with Gasteiger partial charge in [-0.05, 0) is 37.4 Å². The van der Waals surface area contributed by atoms with Crippen molar-refractivity contribution in [3.8, 4) is 0 Å². The third-order valence-electron chi connectivity index (χ3n) is 4.47. The van der Waals surface area contributed by atoms with Gasteiger partial charge in [0, 0.05) is 36.0 Å². The van der Waals surface area contributed by atoms with Crippen molar-refractivity contribution in [2.75, 3.05) is 44.8 Å². The number of hydroxylamine groups is 3. The van der Waals surface area contributed by atoms with Crippen LogP contribution >= 0.6 is 11.8 Å². The van der Waals surface area contributed by atoms with Crippen molar-refractivity contribution in [3.05, 3.63) is 48.3 Å². The Morgan fingerprint density at radius 3 is 2.64 bits per heavy atom. The Labute approximate surface area is 151 Å².